The molecule has 0 atom stereocenters. The first-order valence-electron chi connectivity index (χ1n) is 8.20. The van der Waals surface area contributed by atoms with E-state index in [1.807, 2.05) is 32.9 Å². The van der Waals surface area contributed by atoms with Gasteiger partial charge in [0, 0.05) is 11.6 Å². The molecule has 0 bridgehead atoms. The molecule has 1 N–H and O–H groups in total. The number of halogens is 1. The Morgan fingerprint density at radius 3 is 2.15 bits per heavy atom. The molecule has 0 amide bonds. The van der Waals surface area contributed by atoms with Gasteiger partial charge in [0.2, 0.25) is 10.0 Å². The van der Waals surface area contributed by atoms with Crippen molar-refractivity contribution in [3.8, 4) is 11.5 Å². The molecule has 142 valence electrons. The Hall–Kier alpha value is -1.76. The summed E-state index contributed by atoms with van der Waals surface area (Å²) in [4.78, 5) is 0.244. The van der Waals surface area contributed by atoms with Gasteiger partial charge in [0.25, 0.3) is 0 Å². The van der Waals surface area contributed by atoms with Gasteiger partial charge in [-0.15, -0.1) is 0 Å². The predicted molar refractivity (Wildman–Crippen MR) is 104 cm³/mol. The van der Waals surface area contributed by atoms with Gasteiger partial charge >= 0.3 is 0 Å². The van der Waals surface area contributed by atoms with Crippen molar-refractivity contribution >= 4 is 21.6 Å². The lowest BCUT2D eigenvalue weighted by molar-refractivity contribution is 0.322. The summed E-state index contributed by atoms with van der Waals surface area (Å²) in [6.07, 6.45) is 0. The molecule has 0 aliphatic heterocycles. The van der Waals surface area contributed by atoms with E-state index in [1.165, 1.54) is 0 Å². The quantitative estimate of drug-likeness (QED) is 0.718. The summed E-state index contributed by atoms with van der Waals surface area (Å²) in [5.41, 5.74) is 3.24. The minimum Gasteiger partial charge on any atom is -0.496 e. The number of aryl methyl sites for hydroxylation is 4. The average molecular weight is 398 g/mol. The standard InChI is InChI=1S/C19H24ClNO4S/c1-12-11-18(13(2)10-17(12)24-5)26(22,23)21-6-7-25-16-8-14(3)19(20)15(4)9-16/h8-11,21H,6-7H2,1-5H3. The number of nitrogens with one attached hydrogen (secondary N) is 1. The summed E-state index contributed by atoms with van der Waals surface area (Å²) in [5, 5.41) is 0.711. The van der Waals surface area contributed by atoms with Crippen LogP contribution >= 0.6 is 11.6 Å². The molecule has 0 aliphatic rings. The highest BCUT2D eigenvalue weighted by molar-refractivity contribution is 7.89. The molecular weight excluding hydrogens is 374 g/mol. The Labute approximate surface area is 160 Å². The van der Waals surface area contributed by atoms with Crippen LogP contribution < -0.4 is 14.2 Å². The first kappa shape index (κ1) is 20.6. The number of methoxy groups -OCH3 is 1. The van der Waals surface area contributed by atoms with Crippen molar-refractivity contribution < 1.29 is 17.9 Å². The number of rotatable bonds is 7. The smallest absolute Gasteiger partial charge is 0.240 e. The number of ether oxygens (including phenoxy) is 2. The highest BCUT2D eigenvalue weighted by Gasteiger charge is 2.18. The maximum Gasteiger partial charge on any atom is 0.240 e. The van der Waals surface area contributed by atoms with Crippen LogP contribution in [0.15, 0.2) is 29.2 Å². The van der Waals surface area contributed by atoms with Gasteiger partial charge in [0.1, 0.15) is 18.1 Å². The fourth-order valence-electron chi connectivity index (χ4n) is 2.68. The van der Waals surface area contributed by atoms with Gasteiger partial charge in [-0.3, -0.25) is 0 Å². The molecule has 2 rings (SSSR count). The van der Waals surface area contributed by atoms with E-state index in [0.29, 0.717) is 22.1 Å². The summed E-state index contributed by atoms with van der Waals surface area (Å²) in [5.74, 6) is 1.33. The molecule has 0 aliphatic carbocycles. The second-order valence-electron chi connectivity index (χ2n) is 6.20. The first-order valence-corrected chi connectivity index (χ1v) is 10.1. The number of hydrogen-bond donors (Lipinski definition) is 1. The monoisotopic (exact) mass is 397 g/mol. The molecular formula is C19H24ClNO4S. The van der Waals surface area contributed by atoms with E-state index < -0.39 is 10.0 Å². The number of benzene rings is 2. The SMILES string of the molecule is COc1cc(C)c(S(=O)(=O)NCCOc2cc(C)c(Cl)c(C)c2)cc1C. The number of sulfonamides is 1. The Morgan fingerprint density at radius 1 is 0.962 bits per heavy atom. The Morgan fingerprint density at radius 2 is 1.58 bits per heavy atom. The van der Waals surface area contributed by atoms with Gasteiger partial charge in [0.05, 0.1) is 12.0 Å². The normalized spacial score (nSPS) is 11.5. The van der Waals surface area contributed by atoms with E-state index in [0.717, 1.165) is 16.7 Å². The van der Waals surface area contributed by atoms with Crippen molar-refractivity contribution in [3.05, 3.63) is 51.5 Å². The maximum absolute atomic E-state index is 12.5. The first-order chi connectivity index (χ1) is 12.2. The van der Waals surface area contributed by atoms with Gasteiger partial charge in [-0.05, 0) is 74.2 Å². The molecule has 2 aromatic carbocycles. The van der Waals surface area contributed by atoms with Crippen LogP contribution in [0.3, 0.4) is 0 Å². The van der Waals surface area contributed by atoms with Crippen molar-refractivity contribution in [2.24, 2.45) is 0 Å². The van der Waals surface area contributed by atoms with Crippen molar-refractivity contribution in [2.45, 2.75) is 32.6 Å². The zero-order chi connectivity index (χ0) is 19.5. The van der Waals surface area contributed by atoms with Crippen LogP contribution in [0.5, 0.6) is 11.5 Å². The van der Waals surface area contributed by atoms with Crippen molar-refractivity contribution in [3.63, 3.8) is 0 Å². The molecule has 0 unspecified atom stereocenters. The minimum absolute atomic E-state index is 0.160. The Kier molecular flexibility index (Phi) is 6.55. The van der Waals surface area contributed by atoms with Crippen molar-refractivity contribution in [2.75, 3.05) is 20.3 Å². The van der Waals surface area contributed by atoms with E-state index in [-0.39, 0.29) is 18.0 Å². The molecule has 7 heteroatoms. The fourth-order valence-corrected chi connectivity index (χ4v) is 4.12. The van der Waals surface area contributed by atoms with E-state index in [4.69, 9.17) is 21.1 Å². The van der Waals surface area contributed by atoms with E-state index >= 15 is 0 Å². The lowest BCUT2D eigenvalue weighted by Gasteiger charge is -2.13. The van der Waals surface area contributed by atoms with E-state index in [1.54, 1.807) is 26.2 Å². The summed E-state index contributed by atoms with van der Waals surface area (Å²) >= 11 is 6.13. The molecule has 0 radical (unpaired) electrons. The van der Waals surface area contributed by atoms with E-state index in [2.05, 4.69) is 4.72 Å². The van der Waals surface area contributed by atoms with Gasteiger partial charge in [-0.1, -0.05) is 11.6 Å². The Bertz CT molecular complexity index is 887. The molecule has 0 fully saturated rings. The second-order valence-corrected chi connectivity index (χ2v) is 8.32. The van der Waals surface area contributed by atoms with Gasteiger partial charge in [-0.25, -0.2) is 13.1 Å². The largest absolute Gasteiger partial charge is 0.496 e. The molecule has 0 aromatic heterocycles. The third kappa shape index (κ3) is 4.69. The van der Waals surface area contributed by atoms with Crippen LogP contribution in [-0.4, -0.2) is 28.7 Å². The van der Waals surface area contributed by atoms with Crippen molar-refractivity contribution in [1.82, 2.24) is 4.72 Å². The molecule has 0 heterocycles. The molecule has 2 aromatic rings. The second kappa shape index (κ2) is 8.29. The molecule has 5 nitrogen and oxygen atoms in total. The molecule has 0 saturated heterocycles. The van der Waals surface area contributed by atoms with Crippen LogP contribution in [0.2, 0.25) is 5.02 Å². The predicted octanol–water partition coefficient (Wildman–Crippen LogP) is 3.94. The highest BCUT2D eigenvalue weighted by Crippen LogP contribution is 2.26. The summed E-state index contributed by atoms with van der Waals surface area (Å²) < 4.78 is 38.5. The van der Waals surface area contributed by atoms with Crippen molar-refractivity contribution in [1.29, 1.82) is 0 Å². The summed E-state index contributed by atoms with van der Waals surface area (Å²) in [6, 6.07) is 7.00. The van der Waals surface area contributed by atoms with E-state index in [9.17, 15) is 8.42 Å². The zero-order valence-corrected chi connectivity index (χ0v) is 17.2. The third-order valence-corrected chi connectivity index (χ3v) is 6.25. The van der Waals surface area contributed by atoms with Crippen LogP contribution in [-0.2, 0) is 10.0 Å². The minimum atomic E-state index is -3.62. The fraction of sp³-hybridized carbons (Fsp3) is 0.368. The summed E-state index contributed by atoms with van der Waals surface area (Å²) in [7, 11) is -2.06. The van der Waals surface area contributed by atoms with Gasteiger partial charge < -0.3 is 9.47 Å². The molecule has 0 spiro atoms. The highest BCUT2D eigenvalue weighted by atomic mass is 35.5. The lowest BCUT2D eigenvalue weighted by atomic mass is 10.1. The maximum atomic E-state index is 12.5. The third-order valence-electron chi connectivity index (χ3n) is 4.05. The van der Waals surface area contributed by atoms with Crippen LogP contribution in [0.25, 0.3) is 0 Å². The van der Waals surface area contributed by atoms with Gasteiger partial charge in [-0.2, -0.15) is 0 Å². The summed E-state index contributed by atoms with van der Waals surface area (Å²) in [6.45, 7) is 7.73. The topological polar surface area (TPSA) is 64.6 Å². The zero-order valence-electron chi connectivity index (χ0n) is 15.6. The Balaban J connectivity index is 2.02. The van der Waals surface area contributed by atoms with Crippen LogP contribution in [0.4, 0.5) is 0 Å². The van der Waals surface area contributed by atoms with Crippen LogP contribution in [0, 0.1) is 27.7 Å². The molecule has 0 saturated carbocycles. The van der Waals surface area contributed by atoms with Crippen LogP contribution in [0.1, 0.15) is 22.3 Å². The number of hydrogen-bond acceptors (Lipinski definition) is 4. The lowest BCUT2D eigenvalue weighted by Crippen LogP contribution is -2.29. The molecule has 26 heavy (non-hydrogen) atoms. The average Bonchev–Trinajstić information content (AvgIpc) is 2.58. The van der Waals surface area contributed by atoms with Gasteiger partial charge in [0.15, 0.2) is 0 Å².